The summed E-state index contributed by atoms with van der Waals surface area (Å²) in [5, 5.41) is 5.95. The Morgan fingerprint density at radius 1 is 1.29 bits per heavy atom. The summed E-state index contributed by atoms with van der Waals surface area (Å²) < 4.78 is 5.17. The van der Waals surface area contributed by atoms with E-state index in [1.54, 1.807) is 30.2 Å². The summed E-state index contributed by atoms with van der Waals surface area (Å²) in [6.07, 6.45) is 0. The first-order valence-corrected chi connectivity index (χ1v) is 9.90. The Labute approximate surface area is 152 Å². The number of ether oxygens (including phenoxy) is 1. The van der Waals surface area contributed by atoms with E-state index in [0.717, 1.165) is 34.3 Å². The molecule has 0 bridgehead atoms. The van der Waals surface area contributed by atoms with Crippen molar-refractivity contribution in [2.75, 3.05) is 13.7 Å². The third kappa shape index (κ3) is 5.53. The SMILES string of the molecule is COc1ccc(-c2nc(CSC(C)C(=O)NCC(C)C)cs2)cc1. The first-order valence-electron chi connectivity index (χ1n) is 7.97. The van der Waals surface area contributed by atoms with Crippen LogP contribution in [0.2, 0.25) is 0 Å². The summed E-state index contributed by atoms with van der Waals surface area (Å²) in [4.78, 5) is 16.7. The number of nitrogens with one attached hydrogen (secondary N) is 1. The van der Waals surface area contributed by atoms with Gasteiger partial charge in [0.2, 0.25) is 5.91 Å². The van der Waals surface area contributed by atoms with Crippen LogP contribution in [0, 0.1) is 5.92 Å². The first-order chi connectivity index (χ1) is 11.5. The Kier molecular flexibility index (Phi) is 7.12. The Morgan fingerprint density at radius 2 is 2.00 bits per heavy atom. The third-order valence-corrected chi connectivity index (χ3v) is 5.54. The molecule has 24 heavy (non-hydrogen) atoms. The van der Waals surface area contributed by atoms with Gasteiger partial charge in [-0.15, -0.1) is 23.1 Å². The van der Waals surface area contributed by atoms with Gasteiger partial charge in [-0.1, -0.05) is 13.8 Å². The molecule has 6 heteroatoms. The molecule has 0 radical (unpaired) electrons. The Hall–Kier alpha value is -1.53. The average Bonchev–Trinajstić information content (AvgIpc) is 3.06. The maximum absolute atomic E-state index is 12.0. The van der Waals surface area contributed by atoms with Crippen molar-refractivity contribution >= 4 is 29.0 Å². The Balaban J connectivity index is 1.88. The van der Waals surface area contributed by atoms with Crippen molar-refractivity contribution in [3.63, 3.8) is 0 Å². The highest BCUT2D eigenvalue weighted by molar-refractivity contribution is 7.99. The molecule has 1 aromatic heterocycles. The fourth-order valence-corrected chi connectivity index (χ4v) is 3.71. The second-order valence-electron chi connectivity index (χ2n) is 5.96. The van der Waals surface area contributed by atoms with Gasteiger partial charge in [0.1, 0.15) is 10.8 Å². The van der Waals surface area contributed by atoms with Crippen molar-refractivity contribution in [2.24, 2.45) is 5.92 Å². The van der Waals surface area contributed by atoms with Gasteiger partial charge in [-0.3, -0.25) is 4.79 Å². The van der Waals surface area contributed by atoms with Crippen LogP contribution < -0.4 is 10.1 Å². The number of carbonyl (C=O) groups excluding carboxylic acids is 1. The zero-order valence-corrected chi connectivity index (χ0v) is 16.2. The molecule has 1 unspecified atom stereocenters. The van der Waals surface area contributed by atoms with Crippen LogP contribution in [0.3, 0.4) is 0 Å². The monoisotopic (exact) mass is 364 g/mol. The number of rotatable bonds is 8. The maximum atomic E-state index is 12.0. The zero-order chi connectivity index (χ0) is 17.5. The van der Waals surface area contributed by atoms with Crippen molar-refractivity contribution in [3.8, 4) is 16.3 Å². The lowest BCUT2D eigenvalue weighted by Crippen LogP contribution is -2.33. The second kappa shape index (κ2) is 9.08. The van der Waals surface area contributed by atoms with E-state index < -0.39 is 0 Å². The normalized spacial score (nSPS) is 12.2. The molecule has 0 aliphatic carbocycles. The number of hydrogen-bond donors (Lipinski definition) is 1. The summed E-state index contributed by atoms with van der Waals surface area (Å²) in [5.74, 6) is 2.14. The number of hydrogen-bond acceptors (Lipinski definition) is 5. The van der Waals surface area contributed by atoms with E-state index in [9.17, 15) is 4.79 Å². The number of thioether (sulfide) groups is 1. The topological polar surface area (TPSA) is 51.2 Å². The molecule has 0 spiro atoms. The molecule has 1 amide bonds. The summed E-state index contributed by atoms with van der Waals surface area (Å²) >= 11 is 3.24. The van der Waals surface area contributed by atoms with E-state index in [4.69, 9.17) is 4.74 Å². The highest BCUT2D eigenvalue weighted by Gasteiger charge is 2.14. The van der Waals surface area contributed by atoms with Gasteiger partial charge >= 0.3 is 0 Å². The molecule has 1 atom stereocenters. The molecular weight excluding hydrogens is 340 g/mol. The predicted molar refractivity (Wildman–Crippen MR) is 103 cm³/mol. The highest BCUT2D eigenvalue weighted by Crippen LogP contribution is 2.27. The molecule has 1 N–H and O–H groups in total. The number of thiazole rings is 1. The lowest BCUT2D eigenvalue weighted by Gasteiger charge is -2.12. The molecule has 4 nitrogen and oxygen atoms in total. The molecule has 1 heterocycles. The van der Waals surface area contributed by atoms with Crippen molar-refractivity contribution in [3.05, 3.63) is 35.3 Å². The largest absolute Gasteiger partial charge is 0.497 e. The molecule has 0 fully saturated rings. The van der Waals surface area contributed by atoms with Gasteiger partial charge in [0, 0.05) is 23.2 Å². The first kappa shape index (κ1) is 18.8. The molecule has 0 aliphatic heterocycles. The van der Waals surface area contributed by atoms with E-state index in [-0.39, 0.29) is 11.2 Å². The van der Waals surface area contributed by atoms with Gasteiger partial charge in [-0.05, 0) is 37.1 Å². The van der Waals surface area contributed by atoms with Crippen molar-refractivity contribution in [1.29, 1.82) is 0 Å². The average molecular weight is 365 g/mol. The van der Waals surface area contributed by atoms with Crippen molar-refractivity contribution in [1.82, 2.24) is 10.3 Å². The minimum Gasteiger partial charge on any atom is -0.497 e. The number of amides is 1. The minimum absolute atomic E-state index is 0.0742. The number of nitrogens with zero attached hydrogens (tertiary/aromatic N) is 1. The van der Waals surface area contributed by atoms with E-state index in [1.807, 2.05) is 31.2 Å². The van der Waals surface area contributed by atoms with Crippen molar-refractivity contribution < 1.29 is 9.53 Å². The highest BCUT2D eigenvalue weighted by atomic mass is 32.2. The summed E-state index contributed by atoms with van der Waals surface area (Å²) in [6, 6.07) is 7.89. The van der Waals surface area contributed by atoms with Gasteiger partial charge in [-0.2, -0.15) is 0 Å². The smallest absolute Gasteiger partial charge is 0.232 e. The number of carbonyl (C=O) groups is 1. The Morgan fingerprint density at radius 3 is 2.62 bits per heavy atom. The van der Waals surface area contributed by atoms with Crippen LogP contribution in [0.4, 0.5) is 0 Å². The van der Waals surface area contributed by atoms with Crippen molar-refractivity contribution in [2.45, 2.75) is 31.8 Å². The van der Waals surface area contributed by atoms with Gasteiger partial charge in [0.15, 0.2) is 0 Å². The van der Waals surface area contributed by atoms with E-state index in [1.165, 1.54) is 0 Å². The van der Waals surface area contributed by atoms with Crippen LogP contribution in [-0.2, 0) is 10.5 Å². The molecular formula is C18H24N2O2S2. The fraction of sp³-hybridized carbons (Fsp3) is 0.444. The van der Waals surface area contributed by atoms with Crippen LogP contribution in [0.25, 0.3) is 10.6 Å². The quantitative estimate of drug-likeness (QED) is 0.762. The van der Waals surface area contributed by atoms with Crippen LogP contribution in [0.15, 0.2) is 29.6 Å². The number of methoxy groups -OCH3 is 1. The van der Waals surface area contributed by atoms with Crippen LogP contribution in [-0.4, -0.2) is 29.8 Å². The van der Waals surface area contributed by atoms with Crippen LogP contribution >= 0.6 is 23.1 Å². The molecule has 0 aliphatic rings. The van der Waals surface area contributed by atoms with Gasteiger partial charge in [0.05, 0.1) is 18.1 Å². The second-order valence-corrected chi connectivity index (χ2v) is 8.15. The summed E-state index contributed by atoms with van der Waals surface area (Å²) in [6.45, 7) is 6.85. The number of benzene rings is 1. The molecule has 2 aromatic rings. The number of aromatic nitrogens is 1. The molecule has 0 saturated heterocycles. The molecule has 0 saturated carbocycles. The minimum atomic E-state index is -0.0742. The predicted octanol–water partition coefficient (Wildman–Crippen LogP) is 4.21. The molecule has 2 rings (SSSR count). The lowest BCUT2D eigenvalue weighted by atomic mass is 10.2. The van der Waals surface area contributed by atoms with E-state index >= 15 is 0 Å². The summed E-state index contributed by atoms with van der Waals surface area (Å²) in [5.41, 5.74) is 2.10. The van der Waals surface area contributed by atoms with Gasteiger partial charge < -0.3 is 10.1 Å². The Bertz CT molecular complexity index is 653. The fourth-order valence-electron chi connectivity index (χ4n) is 1.97. The molecule has 1 aromatic carbocycles. The maximum Gasteiger partial charge on any atom is 0.232 e. The van der Waals surface area contributed by atoms with Gasteiger partial charge in [0.25, 0.3) is 0 Å². The molecule has 130 valence electrons. The summed E-state index contributed by atoms with van der Waals surface area (Å²) in [7, 11) is 1.66. The third-order valence-electron chi connectivity index (χ3n) is 3.42. The zero-order valence-electron chi connectivity index (χ0n) is 14.5. The van der Waals surface area contributed by atoms with Crippen LogP contribution in [0.5, 0.6) is 5.75 Å². The standard InChI is InChI=1S/C18H24N2O2S2/c1-12(2)9-19-17(21)13(3)23-10-15-11-24-18(20-15)14-5-7-16(22-4)8-6-14/h5-8,11-13H,9-10H2,1-4H3,(H,19,21). The van der Waals surface area contributed by atoms with E-state index in [2.05, 4.69) is 29.5 Å². The lowest BCUT2D eigenvalue weighted by molar-refractivity contribution is -0.120. The van der Waals surface area contributed by atoms with E-state index in [0.29, 0.717) is 5.92 Å². The van der Waals surface area contributed by atoms with Gasteiger partial charge in [-0.25, -0.2) is 4.98 Å². The van der Waals surface area contributed by atoms with Crippen LogP contribution in [0.1, 0.15) is 26.5 Å².